The minimum Gasteiger partial charge on any atom is -0.373 e. The topological polar surface area (TPSA) is 43.3 Å². The Morgan fingerprint density at radius 2 is 1.97 bits per heavy atom. The molecule has 0 radical (unpaired) electrons. The summed E-state index contributed by atoms with van der Waals surface area (Å²) in [5.41, 5.74) is 1.40. The molecule has 0 aromatic heterocycles. The summed E-state index contributed by atoms with van der Waals surface area (Å²) in [6, 6.07) is 11.2. The van der Waals surface area contributed by atoms with E-state index in [9.17, 15) is 0 Å². The second-order valence-electron chi connectivity index (χ2n) is 8.71. The lowest BCUT2D eigenvalue weighted by atomic mass is 10.1. The van der Waals surface area contributed by atoms with Crippen molar-refractivity contribution in [1.82, 2.24) is 20.0 Å². The van der Waals surface area contributed by atoms with Crippen LogP contribution in [-0.2, 0) is 11.3 Å². The Bertz CT molecular complexity index is 652. The van der Waals surface area contributed by atoms with Crippen molar-refractivity contribution >= 4 is 29.9 Å². The van der Waals surface area contributed by atoms with E-state index in [1.807, 2.05) is 0 Å². The number of likely N-dealkylation sites (tertiary alicyclic amines) is 1. The minimum absolute atomic E-state index is 0. The van der Waals surface area contributed by atoms with Crippen LogP contribution < -0.4 is 5.32 Å². The number of hydrogen-bond acceptors (Lipinski definition) is 4. The highest BCUT2D eigenvalue weighted by molar-refractivity contribution is 14.0. The van der Waals surface area contributed by atoms with Gasteiger partial charge in [0.15, 0.2) is 5.96 Å². The number of guanidine groups is 1. The quantitative estimate of drug-likeness (QED) is 0.359. The Hall–Kier alpha value is -0.900. The van der Waals surface area contributed by atoms with Gasteiger partial charge >= 0.3 is 0 Å². The van der Waals surface area contributed by atoms with E-state index in [2.05, 4.69) is 85.2 Å². The molecule has 2 aliphatic rings. The third kappa shape index (κ3) is 6.29. The molecule has 2 heterocycles. The first-order valence-electron chi connectivity index (χ1n) is 10.5. The van der Waals surface area contributed by atoms with Gasteiger partial charge in [0.2, 0.25) is 0 Å². The summed E-state index contributed by atoms with van der Waals surface area (Å²) in [4.78, 5) is 12.2. The van der Waals surface area contributed by atoms with E-state index < -0.39 is 0 Å². The molecular weight excluding hydrogens is 477 g/mol. The second kappa shape index (κ2) is 10.9. The number of likely N-dealkylation sites (N-methyl/N-ethyl adjacent to an activating group) is 1. The van der Waals surface area contributed by atoms with E-state index in [0.29, 0.717) is 6.04 Å². The lowest BCUT2D eigenvalue weighted by Crippen LogP contribution is -2.50. The summed E-state index contributed by atoms with van der Waals surface area (Å²) in [5, 5.41) is 3.49. The van der Waals surface area contributed by atoms with Crippen LogP contribution >= 0.6 is 24.0 Å². The standard InChI is InChI=1S/C22H37N5O.HI/c1-6-23-21(24-17-22(2,3)25(4)5)27-15-19-20(16-27)28-13-12-26(19)14-18-10-8-7-9-11-18;/h7-11,19-20H,6,12-17H2,1-5H3,(H,23,24);1H. The van der Waals surface area contributed by atoms with Crippen molar-refractivity contribution in [3.8, 4) is 0 Å². The second-order valence-corrected chi connectivity index (χ2v) is 8.71. The molecule has 2 atom stereocenters. The molecular formula is C22H38IN5O. The van der Waals surface area contributed by atoms with Crippen molar-refractivity contribution in [1.29, 1.82) is 0 Å². The van der Waals surface area contributed by atoms with Crippen LogP contribution in [0.4, 0.5) is 0 Å². The van der Waals surface area contributed by atoms with Gasteiger partial charge in [-0.2, -0.15) is 0 Å². The molecule has 7 heteroatoms. The molecule has 1 aromatic carbocycles. The van der Waals surface area contributed by atoms with Crippen molar-refractivity contribution in [3.63, 3.8) is 0 Å². The molecule has 0 bridgehead atoms. The van der Waals surface area contributed by atoms with Crippen LogP contribution in [0.15, 0.2) is 35.3 Å². The van der Waals surface area contributed by atoms with Gasteiger partial charge in [-0.3, -0.25) is 9.89 Å². The van der Waals surface area contributed by atoms with Crippen molar-refractivity contribution in [3.05, 3.63) is 35.9 Å². The Labute approximate surface area is 193 Å². The molecule has 2 aliphatic heterocycles. The number of nitrogens with zero attached hydrogens (tertiary/aromatic N) is 4. The molecule has 3 rings (SSSR count). The fraction of sp³-hybridized carbons (Fsp3) is 0.682. The van der Waals surface area contributed by atoms with E-state index in [1.54, 1.807) is 0 Å². The molecule has 6 nitrogen and oxygen atoms in total. The van der Waals surface area contributed by atoms with E-state index >= 15 is 0 Å². The van der Waals surface area contributed by atoms with E-state index in [0.717, 1.165) is 51.8 Å². The van der Waals surface area contributed by atoms with Gasteiger partial charge in [-0.05, 0) is 40.4 Å². The molecule has 0 saturated carbocycles. The predicted molar refractivity (Wildman–Crippen MR) is 131 cm³/mol. The molecule has 0 amide bonds. The number of morpholine rings is 1. The summed E-state index contributed by atoms with van der Waals surface area (Å²) in [5.74, 6) is 1.01. The van der Waals surface area contributed by atoms with Gasteiger partial charge in [0.1, 0.15) is 0 Å². The summed E-state index contributed by atoms with van der Waals surface area (Å²) in [6.45, 7) is 12.9. The van der Waals surface area contributed by atoms with Crippen LogP contribution in [0.25, 0.3) is 0 Å². The van der Waals surface area contributed by atoms with Crippen molar-refractivity contribution in [2.24, 2.45) is 4.99 Å². The average Bonchev–Trinajstić information content (AvgIpc) is 3.11. The van der Waals surface area contributed by atoms with Gasteiger partial charge in [-0.1, -0.05) is 30.3 Å². The first-order chi connectivity index (χ1) is 13.4. The Balaban J connectivity index is 0.00000300. The minimum atomic E-state index is 0. The monoisotopic (exact) mass is 515 g/mol. The third-order valence-corrected chi connectivity index (χ3v) is 6.11. The maximum atomic E-state index is 6.14. The van der Waals surface area contributed by atoms with Gasteiger partial charge in [0.05, 0.1) is 25.3 Å². The van der Waals surface area contributed by atoms with Crippen LogP contribution in [0.5, 0.6) is 0 Å². The SMILES string of the molecule is CCNC(=NCC(C)(C)N(C)C)N1CC2OCCN(Cc3ccccc3)C2C1.I. The molecule has 0 aliphatic carbocycles. The Morgan fingerprint density at radius 3 is 2.62 bits per heavy atom. The van der Waals surface area contributed by atoms with Crippen LogP contribution in [-0.4, -0.2) is 91.8 Å². The number of nitrogens with one attached hydrogen (secondary N) is 1. The van der Waals surface area contributed by atoms with E-state index in [-0.39, 0.29) is 35.6 Å². The molecule has 164 valence electrons. The number of halogens is 1. The number of ether oxygens (including phenoxy) is 1. The average molecular weight is 515 g/mol. The molecule has 1 aromatic rings. The van der Waals surface area contributed by atoms with Crippen LogP contribution in [0.2, 0.25) is 0 Å². The highest BCUT2D eigenvalue weighted by Crippen LogP contribution is 2.25. The normalized spacial score (nSPS) is 23.1. The molecule has 1 N–H and O–H groups in total. The largest absolute Gasteiger partial charge is 0.373 e. The number of fused-ring (bicyclic) bond motifs is 1. The van der Waals surface area contributed by atoms with E-state index in [4.69, 9.17) is 9.73 Å². The molecule has 29 heavy (non-hydrogen) atoms. The van der Waals surface area contributed by atoms with Gasteiger partial charge in [-0.25, -0.2) is 0 Å². The number of aliphatic imine (C=N–C) groups is 1. The maximum absolute atomic E-state index is 6.14. The fourth-order valence-electron chi connectivity index (χ4n) is 3.78. The van der Waals surface area contributed by atoms with Crippen LogP contribution in [0, 0.1) is 0 Å². The zero-order valence-electron chi connectivity index (χ0n) is 18.6. The van der Waals surface area contributed by atoms with Gasteiger partial charge in [0, 0.05) is 38.3 Å². The summed E-state index contributed by atoms with van der Waals surface area (Å²) in [7, 11) is 4.23. The summed E-state index contributed by atoms with van der Waals surface area (Å²) < 4.78 is 6.14. The number of hydrogen-bond donors (Lipinski definition) is 1. The zero-order valence-corrected chi connectivity index (χ0v) is 20.9. The predicted octanol–water partition coefficient (Wildman–Crippen LogP) is 2.50. The molecule has 2 saturated heterocycles. The molecule has 2 unspecified atom stereocenters. The van der Waals surface area contributed by atoms with E-state index in [1.165, 1.54) is 5.56 Å². The van der Waals surface area contributed by atoms with Crippen LogP contribution in [0.1, 0.15) is 26.3 Å². The summed E-state index contributed by atoms with van der Waals surface area (Å²) in [6.07, 6.45) is 0.253. The molecule has 0 spiro atoms. The first-order valence-corrected chi connectivity index (χ1v) is 10.5. The maximum Gasteiger partial charge on any atom is 0.194 e. The van der Waals surface area contributed by atoms with Crippen molar-refractivity contribution in [2.45, 2.75) is 45.0 Å². The van der Waals surface area contributed by atoms with Gasteiger partial charge in [-0.15, -0.1) is 24.0 Å². The first kappa shape index (κ1) is 24.4. The molecule has 2 fully saturated rings. The fourth-order valence-corrected chi connectivity index (χ4v) is 3.78. The Kier molecular flexibility index (Phi) is 9.18. The van der Waals surface area contributed by atoms with Gasteiger partial charge in [0.25, 0.3) is 0 Å². The van der Waals surface area contributed by atoms with Crippen molar-refractivity contribution in [2.75, 3.05) is 53.4 Å². The van der Waals surface area contributed by atoms with Crippen LogP contribution in [0.3, 0.4) is 0 Å². The third-order valence-electron chi connectivity index (χ3n) is 6.11. The lowest BCUT2D eigenvalue weighted by Gasteiger charge is -2.36. The zero-order chi connectivity index (χ0) is 20.1. The summed E-state index contributed by atoms with van der Waals surface area (Å²) >= 11 is 0. The number of benzene rings is 1. The number of rotatable bonds is 6. The lowest BCUT2D eigenvalue weighted by molar-refractivity contribution is -0.0502. The highest BCUT2D eigenvalue weighted by Gasteiger charge is 2.41. The van der Waals surface area contributed by atoms with Gasteiger partial charge < -0.3 is 19.9 Å². The highest BCUT2D eigenvalue weighted by atomic mass is 127. The smallest absolute Gasteiger partial charge is 0.194 e. The van der Waals surface area contributed by atoms with Crippen molar-refractivity contribution < 1.29 is 4.74 Å². The Morgan fingerprint density at radius 1 is 1.24 bits per heavy atom.